The van der Waals surface area contributed by atoms with Crippen molar-refractivity contribution in [2.24, 2.45) is 0 Å². The number of esters is 1. The summed E-state index contributed by atoms with van der Waals surface area (Å²) in [5.74, 6) is -1.25. The number of benzene rings is 2. The van der Waals surface area contributed by atoms with Gasteiger partial charge in [-0.15, -0.1) is 0 Å². The van der Waals surface area contributed by atoms with Crippen molar-refractivity contribution in [3.8, 4) is 0 Å². The third-order valence-corrected chi connectivity index (χ3v) is 6.40. The van der Waals surface area contributed by atoms with Gasteiger partial charge in [0.2, 0.25) is 10.0 Å². The van der Waals surface area contributed by atoms with E-state index in [9.17, 15) is 18.0 Å². The van der Waals surface area contributed by atoms with Gasteiger partial charge in [-0.1, -0.05) is 29.3 Å². The lowest BCUT2D eigenvalue weighted by molar-refractivity contribution is -0.124. The second-order valence-corrected chi connectivity index (χ2v) is 9.34. The third kappa shape index (κ3) is 5.93. The first-order chi connectivity index (χ1) is 13.5. The number of carbonyl (C=O) groups excluding carboxylic acids is 2. The number of sulfonamides is 1. The topological polar surface area (TPSA) is 92.8 Å². The van der Waals surface area contributed by atoms with E-state index in [1.165, 1.54) is 38.4 Å². The summed E-state index contributed by atoms with van der Waals surface area (Å²) in [6.45, 7) is 1.24. The summed E-state index contributed by atoms with van der Waals surface area (Å²) in [6.07, 6.45) is 0. The zero-order valence-corrected chi connectivity index (χ0v) is 18.3. The maximum absolute atomic E-state index is 12.1. The molecule has 10 heteroatoms. The molecule has 29 heavy (non-hydrogen) atoms. The summed E-state index contributed by atoms with van der Waals surface area (Å²) in [5, 5.41) is 3.57. The van der Waals surface area contributed by atoms with Crippen LogP contribution in [-0.4, -0.2) is 45.3 Å². The summed E-state index contributed by atoms with van der Waals surface area (Å²) in [4.78, 5) is 24.2. The van der Waals surface area contributed by atoms with Gasteiger partial charge in [-0.2, -0.15) is 0 Å². The molecule has 0 aliphatic rings. The van der Waals surface area contributed by atoms with E-state index in [-0.39, 0.29) is 10.5 Å². The van der Waals surface area contributed by atoms with Gasteiger partial charge < -0.3 is 10.1 Å². The minimum Gasteiger partial charge on any atom is -0.452 e. The van der Waals surface area contributed by atoms with Gasteiger partial charge in [0.25, 0.3) is 5.91 Å². The molecular formula is C19H20Cl2N2O5S. The van der Waals surface area contributed by atoms with Gasteiger partial charge in [0, 0.05) is 24.1 Å². The van der Waals surface area contributed by atoms with Crippen molar-refractivity contribution in [3.05, 3.63) is 63.6 Å². The van der Waals surface area contributed by atoms with Crippen LogP contribution in [0.15, 0.2) is 47.4 Å². The summed E-state index contributed by atoms with van der Waals surface area (Å²) >= 11 is 12.0. The molecule has 0 unspecified atom stereocenters. The van der Waals surface area contributed by atoms with Crippen LogP contribution in [0.4, 0.5) is 0 Å². The average molecular weight is 459 g/mol. The first kappa shape index (κ1) is 23.2. The maximum atomic E-state index is 12.1. The lowest BCUT2D eigenvalue weighted by atomic mass is 10.1. The highest BCUT2D eigenvalue weighted by Gasteiger charge is 2.19. The molecule has 1 atom stereocenters. The molecule has 0 spiro atoms. The molecule has 1 N–H and O–H groups in total. The van der Waals surface area contributed by atoms with E-state index in [0.29, 0.717) is 15.6 Å². The van der Waals surface area contributed by atoms with E-state index >= 15 is 0 Å². The number of rotatable bonds is 7. The monoisotopic (exact) mass is 458 g/mol. The highest BCUT2D eigenvalue weighted by atomic mass is 35.5. The Labute approximate surface area is 179 Å². The summed E-state index contributed by atoms with van der Waals surface area (Å²) in [7, 11) is -0.771. The van der Waals surface area contributed by atoms with Gasteiger partial charge in [0.15, 0.2) is 6.61 Å². The predicted molar refractivity (Wildman–Crippen MR) is 111 cm³/mol. The Morgan fingerprint density at radius 1 is 1.10 bits per heavy atom. The largest absolute Gasteiger partial charge is 0.452 e. The van der Waals surface area contributed by atoms with E-state index in [2.05, 4.69) is 5.32 Å². The number of halogens is 2. The zero-order chi connectivity index (χ0) is 21.8. The lowest BCUT2D eigenvalue weighted by Crippen LogP contribution is -2.31. The second kappa shape index (κ2) is 9.58. The van der Waals surface area contributed by atoms with Crippen LogP contribution >= 0.6 is 23.2 Å². The average Bonchev–Trinajstić information content (AvgIpc) is 2.65. The number of nitrogens with zero attached hydrogens (tertiary/aromatic N) is 1. The molecule has 0 saturated heterocycles. The van der Waals surface area contributed by atoms with Crippen LogP contribution in [0.3, 0.4) is 0 Å². The van der Waals surface area contributed by atoms with Crippen LogP contribution < -0.4 is 5.32 Å². The molecule has 2 aromatic rings. The minimum atomic E-state index is -3.59. The third-order valence-electron chi connectivity index (χ3n) is 4.01. The van der Waals surface area contributed by atoms with Gasteiger partial charge in [-0.05, 0) is 48.9 Å². The van der Waals surface area contributed by atoms with E-state index in [1.807, 2.05) is 0 Å². The molecule has 156 valence electrons. The van der Waals surface area contributed by atoms with Crippen LogP contribution in [0, 0.1) is 0 Å². The van der Waals surface area contributed by atoms with E-state index < -0.39 is 34.5 Å². The Kier molecular flexibility index (Phi) is 7.65. The van der Waals surface area contributed by atoms with Crippen LogP contribution in [0.5, 0.6) is 0 Å². The maximum Gasteiger partial charge on any atom is 0.338 e. The lowest BCUT2D eigenvalue weighted by Gasteiger charge is -2.16. The Morgan fingerprint density at radius 2 is 1.72 bits per heavy atom. The number of hydrogen-bond acceptors (Lipinski definition) is 5. The number of amides is 1. The minimum absolute atomic E-state index is 0.0467. The van der Waals surface area contributed by atoms with Crippen molar-refractivity contribution >= 4 is 45.1 Å². The molecule has 7 nitrogen and oxygen atoms in total. The molecule has 0 bridgehead atoms. The van der Waals surface area contributed by atoms with Gasteiger partial charge in [-0.25, -0.2) is 17.5 Å². The highest BCUT2D eigenvalue weighted by molar-refractivity contribution is 7.89. The molecule has 0 heterocycles. The van der Waals surface area contributed by atoms with Crippen LogP contribution in [-0.2, 0) is 19.6 Å². The van der Waals surface area contributed by atoms with Crippen LogP contribution in [0.2, 0.25) is 10.0 Å². The molecule has 0 aliphatic carbocycles. The Bertz CT molecular complexity index is 1010. The van der Waals surface area contributed by atoms with E-state index in [4.69, 9.17) is 27.9 Å². The van der Waals surface area contributed by atoms with E-state index in [1.54, 1.807) is 25.1 Å². The van der Waals surface area contributed by atoms with E-state index in [0.717, 1.165) is 4.31 Å². The molecule has 1 amide bonds. The first-order valence-corrected chi connectivity index (χ1v) is 10.7. The fourth-order valence-corrected chi connectivity index (χ4v) is 3.88. The molecule has 2 rings (SSSR count). The highest BCUT2D eigenvalue weighted by Crippen LogP contribution is 2.26. The molecule has 0 aliphatic heterocycles. The van der Waals surface area contributed by atoms with Gasteiger partial charge in [-0.3, -0.25) is 4.79 Å². The number of hydrogen-bond donors (Lipinski definition) is 1. The molecule has 0 aromatic heterocycles. The summed E-state index contributed by atoms with van der Waals surface area (Å²) in [6, 6.07) is 9.77. The zero-order valence-electron chi connectivity index (χ0n) is 16.0. The number of ether oxygens (including phenoxy) is 1. The summed E-state index contributed by atoms with van der Waals surface area (Å²) < 4.78 is 30.1. The number of carbonyl (C=O) groups is 2. The molecule has 0 saturated carbocycles. The van der Waals surface area contributed by atoms with Crippen LogP contribution in [0.1, 0.15) is 28.9 Å². The fraction of sp³-hybridized carbons (Fsp3) is 0.263. The molecule has 0 radical (unpaired) electrons. The van der Waals surface area contributed by atoms with Crippen molar-refractivity contribution in [1.29, 1.82) is 0 Å². The van der Waals surface area contributed by atoms with Gasteiger partial charge >= 0.3 is 5.97 Å². The van der Waals surface area contributed by atoms with Gasteiger partial charge in [0.1, 0.15) is 0 Å². The van der Waals surface area contributed by atoms with Crippen molar-refractivity contribution in [1.82, 2.24) is 9.62 Å². The molecule has 2 aromatic carbocycles. The first-order valence-electron chi connectivity index (χ1n) is 8.46. The smallest absolute Gasteiger partial charge is 0.338 e. The van der Waals surface area contributed by atoms with Crippen molar-refractivity contribution in [3.63, 3.8) is 0 Å². The van der Waals surface area contributed by atoms with Crippen molar-refractivity contribution in [2.75, 3.05) is 20.7 Å². The van der Waals surface area contributed by atoms with Gasteiger partial charge in [0.05, 0.1) is 16.5 Å². The Morgan fingerprint density at radius 3 is 2.28 bits per heavy atom. The number of nitrogens with one attached hydrogen (secondary N) is 1. The van der Waals surface area contributed by atoms with Crippen molar-refractivity contribution in [2.45, 2.75) is 17.9 Å². The molecular weight excluding hydrogens is 439 g/mol. The Hall–Kier alpha value is -2.13. The SMILES string of the molecule is C[C@H](NC(=O)COC(=O)c1ccc(S(=O)(=O)N(C)C)cc1)c1ccc(Cl)cc1Cl. The van der Waals surface area contributed by atoms with Crippen LogP contribution in [0.25, 0.3) is 0 Å². The Balaban J connectivity index is 1.94. The standard InChI is InChI=1S/C19H20Cl2N2O5S/c1-12(16-9-6-14(20)10-17(16)21)22-18(24)11-28-19(25)13-4-7-15(8-5-13)29(26,27)23(2)3/h4-10,12H,11H2,1-3H3,(H,22,24)/t12-/m0/s1. The quantitative estimate of drug-likeness (QED) is 0.642. The fourth-order valence-electron chi connectivity index (χ4n) is 2.40. The normalized spacial score (nSPS) is 12.5. The predicted octanol–water partition coefficient (Wildman–Crippen LogP) is 3.28. The van der Waals surface area contributed by atoms with Crippen molar-refractivity contribution < 1.29 is 22.7 Å². The molecule has 0 fully saturated rings. The summed E-state index contributed by atoms with van der Waals surface area (Å²) in [5.41, 5.74) is 0.803. The second-order valence-electron chi connectivity index (χ2n) is 6.34.